The zero-order valence-electron chi connectivity index (χ0n) is 16.6. The average Bonchev–Trinajstić information content (AvgIpc) is 2.81. The second-order valence-electron chi connectivity index (χ2n) is 6.44. The predicted octanol–water partition coefficient (Wildman–Crippen LogP) is 4.22. The number of carbonyl (C=O) groups excluding carboxylic acids is 2. The highest BCUT2D eigenvalue weighted by Gasteiger charge is 2.18. The lowest BCUT2D eigenvalue weighted by atomic mass is 10.1. The van der Waals surface area contributed by atoms with E-state index in [4.69, 9.17) is 15.3 Å². The molecule has 3 rings (SSSR count). The Morgan fingerprint density at radius 3 is 1.84 bits per heavy atom. The summed E-state index contributed by atoms with van der Waals surface area (Å²) in [6, 6.07) is 14.6. The molecule has 0 saturated heterocycles. The standard InChI is InChI=1S/C23H14F2N4O3/c1-32-21-7-4-15(22(30)28-19-8-13(11-26)2-5-17(19)24)10-16(21)23(31)29-20-9-14(12-27)3-6-18(20)25/h2-10H,1H3,(H,28,30)(H,29,31). The number of halogens is 2. The smallest absolute Gasteiger partial charge is 0.259 e. The molecule has 7 nitrogen and oxygen atoms in total. The van der Waals surface area contributed by atoms with Gasteiger partial charge in [0, 0.05) is 5.56 Å². The van der Waals surface area contributed by atoms with E-state index in [-0.39, 0.29) is 39.4 Å². The largest absolute Gasteiger partial charge is 0.496 e. The topological polar surface area (TPSA) is 115 Å². The van der Waals surface area contributed by atoms with Crippen LogP contribution in [0.5, 0.6) is 5.75 Å². The SMILES string of the molecule is COc1ccc(C(=O)Nc2cc(C#N)ccc2F)cc1C(=O)Nc1cc(C#N)ccc1F. The maximum absolute atomic E-state index is 14.0. The molecule has 0 atom stereocenters. The first-order chi connectivity index (χ1) is 15.4. The summed E-state index contributed by atoms with van der Waals surface area (Å²) < 4.78 is 33.2. The number of methoxy groups -OCH3 is 1. The van der Waals surface area contributed by atoms with E-state index >= 15 is 0 Å². The lowest BCUT2D eigenvalue weighted by Crippen LogP contribution is -2.17. The number of anilines is 2. The molecule has 0 spiro atoms. The first-order valence-corrected chi connectivity index (χ1v) is 9.06. The van der Waals surface area contributed by atoms with Gasteiger partial charge in [0.2, 0.25) is 0 Å². The van der Waals surface area contributed by atoms with Crippen LogP contribution >= 0.6 is 0 Å². The summed E-state index contributed by atoms with van der Waals surface area (Å²) in [5.74, 6) is -2.92. The molecule has 3 aromatic rings. The van der Waals surface area contributed by atoms with Gasteiger partial charge in [-0.15, -0.1) is 0 Å². The number of carbonyl (C=O) groups is 2. The maximum atomic E-state index is 14.0. The lowest BCUT2D eigenvalue weighted by Gasteiger charge is -2.12. The summed E-state index contributed by atoms with van der Waals surface area (Å²) in [7, 11) is 1.31. The van der Waals surface area contributed by atoms with Gasteiger partial charge in [-0.1, -0.05) is 0 Å². The van der Waals surface area contributed by atoms with Crippen LogP contribution in [-0.4, -0.2) is 18.9 Å². The first-order valence-electron chi connectivity index (χ1n) is 9.06. The van der Waals surface area contributed by atoms with Crippen molar-refractivity contribution < 1.29 is 23.1 Å². The Morgan fingerprint density at radius 2 is 1.34 bits per heavy atom. The molecule has 0 radical (unpaired) electrons. The molecule has 0 heterocycles. The molecule has 158 valence electrons. The minimum atomic E-state index is -0.789. The molecule has 0 aliphatic heterocycles. The highest BCUT2D eigenvalue weighted by molar-refractivity contribution is 6.10. The molecule has 0 fully saturated rings. The van der Waals surface area contributed by atoms with Crippen molar-refractivity contribution in [3.05, 3.63) is 88.5 Å². The Bertz CT molecular complexity index is 1310. The van der Waals surface area contributed by atoms with Crippen molar-refractivity contribution in [1.82, 2.24) is 0 Å². The highest BCUT2D eigenvalue weighted by Crippen LogP contribution is 2.24. The molecule has 0 bridgehead atoms. The van der Waals surface area contributed by atoms with Gasteiger partial charge in [0.15, 0.2) is 0 Å². The van der Waals surface area contributed by atoms with E-state index in [1.807, 2.05) is 12.1 Å². The third-order valence-electron chi connectivity index (χ3n) is 4.39. The number of nitrogens with zero attached hydrogens (tertiary/aromatic N) is 2. The number of benzene rings is 3. The Morgan fingerprint density at radius 1 is 0.812 bits per heavy atom. The van der Waals surface area contributed by atoms with Crippen LogP contribution in [0.25, 0.3) is 0 Å². The number of nitriles is 2. The lowest BCUT2D eigenvalue weighted by molar-refractivity contribution is 0.102. The molecule has 0 aliphatic rings. The van der Waals surface area contributed by atoms with E-state index in [9.17, 15) is 18.4 Å². The fraction of sp³-hybridized carbons (Fsp3) is 0.0435. The molecular weight excluding hydrogens is 418 g/mol. The van der Waals surface area contributed by atoms with Gasteiger partial charge in [-0.25, -0.2) is 8.78 Å². The zero-order chi connectivity index (χ0) is 23.3. The fourth-order valence-electron chi connectivity index (χ4n) is 2.79. The highest BCUT2D eigenvalue weighted by atomic mass is 19.1. The van der Waals surface area contributed by atoms with Gasteiger partial charge in [0.05, 0.1) is 47.3 Å². The fourth-order valence-corrected chi connectivity index (χ4v) is 2.79. The van der Waals surface area contributed by atoms with E-state index in [2.05, 4.69) is 10.6 Å². The van der Waals surface area contributed by atoms with Gasteiger partial charge in [-0.2, -0.15) is 10.5 Å². The van der Waals surface area contributed by atoms with Crippen molar-refractivity contribution in [2.24, 2.45) is 0 Å². The summed E-state index contributed by atoms with van der Waals surface area (Å²) in [5, 5.41) is 22.6. The Kier molecular flexibility index (Phi) is 6.42. The molecule has 0 saturated carbocycles. The van der Waals surface area contributed by atoms with Crippen molar-refractivity contribution in [1.29, 1.82) is 10.5 Å². The Labute approximate surface area is 181 Å². The van der Waals surface area contributed by atoms with Crippen LogP contribution in [0.15, 0.2) is 54.6 Å². The number of hydrogen-bond acceptors (Lipinski definition) is 5. The summed E-state index contributed by atoms with van der Waals surface area (Å²) in [5.41, 5.74) is -0.230. The monoisotopic (exact) mass is 432 g/mol. The molecular formula is C23H14F2N4O3. The van der Waals surface area contributed by atoms with Crippen LogP contribution in [0, 0.1) is 34.3 Å². The minimum Gasteiger partial charge on any atom is -0.496 e. The molecule has 0 aromatic heterocycles. The number of amides is 2. The molecule has 0 aliphatic carbocycles. The van der Waals surface area contributed by atoms with E-state index in [1.54, 1.807) is 0 Å². The zero-order valence-corrected chi connectivity index (χ0v) is 16.6. The van der Waals surface area contributed by atoms with E-state index in [0.717, 1.165) is 12.1 Å². The molecule has 2 N–H and O–H groups in total. The van der Waals surface area contributed by atoms with Crippen molar-refractivity contribution in [2.45, 2.75) is 0 Å². The predicted molar refractivity (Wildman–Crippen MR) is 111 cm³/mol. The number of nitrogens with one attached hydrogen (secondary N) is 2. The Hall–Kier alpha value is -4.76. The maximum Gasteiger partial charge on any atom is 0.259 e. The molecule has 2 amide bonds. The van der Waals surface area contributed by atoms with E-state index < -0.39 is 23.4 Å². The van der Waals surface area contributed by atoms with Crippen molar-refractivity contribution in [3.63, 3.8) is 0 Å². The van der Waals surface area contributed by atoms with Crippen LogP contribution in [0.2, 0.25) is 0 Å². The van der Waals surface area contributed by atoms with Crippen LogP contribution in [-0.2, 0) is 0 Å². The second kappa shape index (κ2) is 9.37. The summed E-state index contributed by atoms with van der Waals surface area (Å²) in [6.45, 7) is 0. The van der Waals surface area contributed by atoms with Crippen molar-refractivity contribution >= 4 is 23.2 Å². The van der Waals surface area contributed by atoms with E-state index in [1.165, 1.54) is 49.6 Å². The summed E-state index contributed by atoms with van der Waals surface area (Å²) in [4.78, 5) is 25.4. The normalized spacial score (nSPS) is 9.91. The Balaban J connectivity index is 1.90. The van der Waals surface area contributed by atoms with Crippen LogP contribution < -0.4 is 15.4 Å². The van der Waals surface area contributed by atoms with Gasteiger partial charge in [-0.05, 0) is 54.6 Å². The van der Waals surface area contributed by atoms with Gasteiger partial charge < -0.3 is 15.4 Å². The number of ether oxygens (including phenoxy) is 1. The molecule has 9 heteroatoms. The number of hydrogen-bond donors (Lipinski definition) is 2. The quantitative estimate of drug-likeness (QED) is 0.626. The van der Waals surface area contributed by atoms with Crippen molar-refractivity contribution in [2.75, 3.05) is 17.7 Å². The van der Waals surface area contributed by atoms with E-state index in [0.29, 0.717) is 0 Å². The van der Waals surface area contributed by atoms with Crippen LogP contribution in [0.1, 0.15) is 31.8 Å². The van der Waals surface area contributed by atoms with Gasteiger partial charge in [0.1, 0.15) is 17.4 Å². The summed E-state index contributed by atoms with van der Waals surface area (Å²) >= 11 is 0. The third kappa shape index (κ3) is 4.69. The van der Waals surface area contributed by atoms with Gasteiger partial charge in [0.25, 0.3) is 11.8 Å². The van der Waals surface area contributed by atoms with Gasteiger partial charge >= 0.3 is 0 Å². The molecule has 0 unspecified atom stereocenters. The molecule has 32 heavy (non-hydrogen) atoms. The number of rotatable bonds is 5. The van der Waals surface area contributed by atoms with Crippen LogP contribution in [0.4, 0.5) is 20.2 Å². The van der Waals surface area contributed by atoms with Gasteiger partial charge in [-0.3, -0.25) is 9.59 Å². The second-order valence-corrected chi connectivity index (χ2v) is 6.44. The third-order valence-corrected chi connectivity index (χ3v) is 4.39. The minimum absolute atomic E-state index is 0.0102. The summed E-state index contributed by atoms with van der Waals surface area (Å²) in [6.07, 6.45) is 0. The van der Waals surface area contributed by atoms with Crippen LogP contribution in [0.3, 0.4) is 0 Å². The molecule has 3 aromatic carbocycles. The first kappa shape index (κ1) is 21.9. The average molecular weight is 432 g/mol. The van der Waals surface area contributed by atoms with Crippen molar-refractivity contribution in [3.8, 4) is 17.9 Å².